The largest absolute Gasteiger partial charge is 0.379 e. The van der Waals surface area contributed by atoms with E-state index in [1.54, 1.807) is 18.2 Å². The van der Waals surface area contributed by atoms with Crippen LogP contribution in [-0.4, -0.2) is 56.4 Å². The summed E-state index contributed by atoms with van der Waals surface area (Å²) in [6.07, 6.45) is 1.86. The van der Waals surface area contributed by atoms with Crippen molar-refractivity contribution in [1.29, 1.82) is 0 Å². The van der Waals surface area contributed by atoms with Gasteiger partial charge < -0.3 is 9.64 Å². The Balaban J connectivity index is 1.59. The zero-order chi connectivity index (χ0) is 20.4. The average molecular weight is 415 g/mol. The van der Waals surface area contributed by atoms with Crippen molar-refractivity contribution in [3.63, 3.8) is 0 Å². The molecule has 1 unspecified atom stereocenters. The molecular formula is C22H26N2O4S. The topological polar surface area (TPSA) is 66.9 Å². The van der Waals surface area contributed by atoms with Gasteiger partial charge in [-0.25, -0.2) is 8.42 Å². The Labute approximate surface area is 172 Å². The SMILES string of the molecule is Cc1ccc(C2CCCN2C(=O)c2cccc(S(=O)(=O)N3CCOCC3)c2)cc1. The van der Waals surface area contributed by atoms with E-state index < -0.39 is 10.0 Å². The lowest BCUT2D eigenvalue weighted by atomic mass is 10.0. The summed E-state index contributed by atoms with van der Waals surface area (Å²) < 4.78 is 32.6. The molecule has 2 aromatic rings. The standard InChI is InChI=1S/C22H26N2O4S/c1-17-7-9-18(10-8-17)21-6-3-11-24(21)22(25)19-4-2-5-20(16-19)29(26,27)23-12-14-28-15-13-23/h2,4-5,7-10,16,21H,3,6,11-15H2,1H3. The predicted octanol–water partition coefficient (Wildman–Crippen LogP) is 2.99. The molecule has 2 fully saturated rings. The van der Waals surface area contributed by atoms with Crippen molar-refractivity contribution >= 4 is 15.9 Å². The number of carbonyl (C=O) groups excluding carboxylic acids is 1. The van der Waals surface area contributed by atoms with Crippen LogP contribution in [0.25, 0.3) is 0 Å². The van der Waals surface area contributed by atoms with Gasteiger partial charge in [0.05, 0.1) is 24.2 Å². The fourth-order valence-corrected chi connectivity index (χ4v) is 5.49. The fraction of sp³-hybridized carbons (Fsp3) is 0.409. The van der Waals surface area contributed by atoms with Gasteiger partial charge in [0.2, 0.25) is 10.0 Å². The molecule has 2 saturated heterocycles. The fourth-order valence-electron chi connectivity index (χ4n) is 4.04. The third-order valence-electron chi connectivity index (χ3n) is 5.66. The van der Waals surface area contributed by atoms with E-state index >= 15 is 0 Å². The molecule has 2 aromatic carbocycles. The Hall–Kier alpha value is -2.22. The third-order valence-corrected chi connectivity index (χ3v) is 7.56. The molecule has 154 valence electrons. The minimum atomic E-state index is -3.63. The number of benzene rings is 2. The van der Waals surface area contributed by atoms with Gasteiger partial charge in [-0.2, -0.15) is 4.31 Å². The lowest BCUT2D eigenvalue weighted by Crippen LogP contribution is -2.40. The maximum Gasteiger partial charge on any atom is 0.254 e. The van der Waals surface area contributed by atoms with E-state index in [1.165, 1.54) is 15.9 Å². The Bertz CT molecular complexity index is 982. The van der Waals surface area contributed by atoms with Crippen molar-refractivity contribution in [2.45, 2.75) is 30.7 Å². The molecule has 0 saturated carbocycles. The number of aryl methyl sites for hydroxylation is 1. The van der Waals surface area contributed by atoms with Gasteiger partial charge in [0.1, 0.15) is 0 Å². The highest BCUT2D eigenvalue weighted by Gasteiger charge is 2.32. The molecule has 7 heteroatoms. The van der Waals surface area contributed by atoms with Crippen molar-refractivity contribution < 1.29 is 17.9 Å². The molecule has 0 aliphatic carbocycles. The molecule has 29 heavy (non-hydrogen) atoms. The Kier molecular flexibility index (Phi) is 5.72. The summed E-state index contributed by atoms with van der Waals surface area (Å²) in [4.78, 5) is 15.3. The van der Waals surface area contributed by atoms with E-state index in [0.29, 0.717) is 38.4 Å². The highest BCUT2D eigenvalue weighted by Crippen LogP contribution is 2.33. The number of amides is 1. The van der Waals surface area contributed by atoms with E-state index in [9.17, 15) is 13.2 Å². The minimum Gasteiger partial charge on any atom is -0.379 e. The lowest BCUT2D eigenvalue weighted by Gasteiger charge is -2.27. The quantitative estimate of drug-likeness (QED) is 0.771. The van der Waals surface area contributed by atoms with Crippen LogP contribution >= 0.6 is 0 Å². The Morgan fingerprint density at radius 2 is 1.76 bits per heavy atom. The first-order chi connectivity index (χ1) is 14.0. The van der Waals surface area contributed by atoms with Crippen molar-refractivity contribution in [3.8, 4) is 0 Å². The zero-order valence-corrected chi connectivity index (χ0v) is 17.4. The van der Waals surface area contributed by atoms with Crippen molar-refractivity contribution in [2.24, 2.45) is 0 Å². The zero-order valence-electron chi connectivity index (χ0n) is 16.6. The Morgan fingerprint density at radius 1 is 1.03 bits per heavy atom. The molecule has 0 bridgehead atoms. The van der Waals surface area contributed by atoms with Crippen molar-refractivity contribution in [1.82, 2.24) is 9.21 Å². The summed E-state index contributed by atoms with van der Waals surface area (Å²) in [5.74, 6) is -0.118. The van der Waals surface area contributed by atoms with E-state index in [4.69, 9.17) is 4.74 Å². The summed E-state index contributed by atoms with van der Waals surface area (Å²) in [5, 5.41) is 0. The summed E-state index contributed by atoms with van der Waals surface area (Å²) in [6, 6.07) is 14.7. The molecule has 2 heterocycles. The van der Waals surface area contributed by atoms with Crippen LogP contribution in [0, 0.1) is 6.92 Å². The molecule has 2 aliphatic rings. The van der Waals surface area contributed by atoms with Crippen LogP contribution in [0.3, 0.4) is 0 Å². The Morgan fingerprint density at radius 3 is 2.48 bits per heavy atom. The number of sulfonamides is 1. The molecular weight excluding hydrogens is 388 g/mol. The van der Waals surface area contributed by atoms with Gasteiger partial charge in [-0.3, -0.25) is 4.79 Å². The van der Waals surface area contributed by atoms with Gasteiger partial charge in [0.15, 0.2) is 0 Å². The van der Waals surface area contributed by atoms with Crippen LogP contribution in [0.15, 0.2) is 53.4 Å². The second kappa shape index (κ2) is 8.26. The number of rotatable bonds is 4. The lowest BCUT2D eigenvalue weighted by molar-refractivity contribution is 0.0727. The number of hydrogen-bond acceptors (Lipinski definition) is 4. The van der Waals surface area contributed by atoms with E-state index in [2.05, 4.69) is 24.3 Å². The van der Waals surface area contributed by atoms with Gasteiger partial charge in [-0.15, -0.1) is 0 Å². The summed E-state index contributed by atoms with van der Waals surface area (Å²) in [6.45, 7) is 4.18. The number of nitrogens with zero attached hydrogens (tertiary/aromatic N) is 2. The van der Waals surface area contributed by atoms with E-state index in [-0.39, 0.29) is 16.8 Å². The second-order valence-corrected chi connectivity index (χ2v) is 9.55. The summed E-state index contributed by atoms with van der Waals surface area (Å²) in [7, 11) is -3.63. The monoisotopic (exact) mass is 414 g/mol. The van der Waals surface area contributed by atoms with Gasteiger partial charge in [0.25, 0.3) is 5.91 Å². The molecule has 0 N–H and O–H groups in total. The second-order valence-electron chi connectivity index (χ2n) is 7.61. The van der Waals surface area contributed by atoms with Crippen LogP contribution in [-0.2, 0) is 14.8 Å². The molecule has 1 amide bonds. The maximum atomic E-state index is 13.3. The van der Waals surface area contributed by atoms with Crippen molar-refractivity contribution in [2.75, 3.05) is 32.8 Å². The highest BCUT2D eigenvalue weighted by atomic mass is 32.2. The maximum absolute atomic E-state index is 13.3. The van der Waals surface area contributed by atoms with Gasteiger partial charge in [0, 0.05) is 25.2 Å². The van der Waals surface area contributed by atoms with Crippen LogP contribution in [0.4, 0.5) is 0 Å². The molecule has 2 aliphatic heterocycles. The first-order valence-electron chi connectivity index (χ1n) is 10.0. The molecule has 0 spiro atoms. The van der Waals surface area contributed by atoms with Gasteiger partial charge >= 0.3 is 0 Å². The van der Waals surface area contributed by atoms with Crippen LogP contribution in [0.1, 0.15) is 40.4 Å². The summed E-state index contributed by atoms with van der Waals surface area (Å²) >= 11 is 0. The van der Waals surface area contributed by atoms with Gasteiger partial charge in [-0.05, 0) is 43.5 Å². The molecule has 0 radical (unpaired) electrons. The molecule has 6 nitrogen and oxygen atoms in total. The smallest absolute Gasteiger partial charge is 0.254 e. The number of ether oxygens (including phenoxy) is 1. The van der Waals surface area contributed by atoms with Crippen LogP contribution in [0.2, 0.25) is 0 Å². The molecule has 0 aromatic heterocycles. The normalized spacial score (nSPS) is 20.7. The van der Waals surface area contributed by atoms with Crippen molar-refractivity contribution in [3.05, 3.63) is 65.2 Å². The average Bonchev–Trinajstić information content (AvgIpc) is 3.24. The number of carbonyl (C=O) groups is 1. The summed E-state index contributed by atoms with van der Waals surface area (Å²) in [5.41, 5.74) is 2.72. The van der Waals surface area contributed by atoms with Crippen LogP contribution in [0.5, 0.6) is 0 Å². The number of hydrogen-bond donors (Lipinski definition) is 0. The number of likely N-dealkylation sites (tertiary alicyclic amines) is 1. The third kappa shape index (κ3) is 4.08. The van der Waals surface area contributed by atoms with Crippen LogP contribution < -0.4 is 0 Å². The van der Waals surface area contributed by atoms with Gasteiger partial charge in [-0.1, -0.05) is 35.9 Å². The number of morpholine rings is 1. The van der Waals surface area contributed by atoms with E-state index in [0.717, 1.165) is 18.4 Å². The minimum absolute atomic E-state index is 0.0302. The molecule has 1 atom stereocenters. The first kappa shape index (κ1) is 20.1. The first-order valence-corrected chi connectivity index (χ1v) is 11.5. The predicted molar refractivity (Wildman–Crippen MR) is 110 cm³/mol. The van der Waals surface area contributed by atoms with E-state index in [1.807, 2.05) is 11.8 Å². The highest BCUT2D eigenvalue weighted by molar-refractivity contribution is 7.89. The molecule has 4 rings (SSSR count).